The van der Waals surface area contributed by atoms with Crippen molar-refractivity contribution in [3.63, 3.8) is 0 Å². The molecule has 0 aliphatic heterocycles. The molecule has 102 valence electrons. The number of benzene rings is 1. The Bertz CT molecular complexity index is 526. The maximum atomic E-state index is 11.3. The fourth-order valence-corrected chi connectivity index (χ4v) is 1.87. The molecule has 7 heteroatoms. The van der Waals surface area contributed by atoms with Gasteiger partial charge in [-0.1, -0.05) is 0 Å². The first-order valence-electron chi connectivity index (χ1n) is 5.36. The number of nitrogen functional groups attached to an aromatic ring is 1. The molecule has 0 aromatic heterocycles. The number of hydrogen-bond acceptors (Lipinski definition) is 5. The van der Waals surface area contributed by atoms with Crippen LogP contribution in [0.3, 0.4) is 0 Å². The third-order valence-corrected chi connectivity index (χ3v) is 3.42. The Kier molecular flexibility index (Phi) is 4.20. The van der Waals surface area contributed by atoms with Gasteiger partial charge in [0.25, 0.3) is 0 Å². The molecule has 0 spiro atoms. The number of primary sulfonamides is 1. The number of anilines is 2. The van der Waals surface area contributed by atoms with Crippen LogP contribution in [0.2, 0.25) is 0 Å². The predicted molar refractivity (Wildman–Crippen MR) is 71.8 cm³/mol. The van der Waals surface area contributed by atoms with Crippen LogP contribution in [0.5, 0.6) is 0 Å². The van der Waals surface area contributed by atoms with Crippen LogP contribution in [-0.2, 0) is 14.8 Å². The Morgan fingerprint density at radius 1 is 1.33 bits per heavy atom. The van der Waals surface area contributed by atoms with Gasteiger partial charge in [0, 0.05) is 25.0 Å². The number of methoxy groups -OCH3 is 1. The molecule has 0 bridgehead atoms. The molecule has 0 saturated carbocycles. The Morgan fingerprint density at radius 3 is 2.44 bits per heavy atom. The van der Waals surface area contributed by atoms with Crippen LogP contribution >= 0.6 is 0 Å². The summed E-state index contributed by atoms with van der Waals surface area (Å²) in [6.07, 6.45) is 0. The first-order chi connectivity index (χ1) is 8.14. The summed E-state index contributed by atoms with van der Waals surface area (Å²) in [6, 6.07) is 4.40. The molecule has 0 atom stereocenters. The second kappa shape index (κ2) is 5.13. The molecular formula is C11H19N3O3S. The monoisotopic (exact) mass is 273 g/mol. The van der Waals surface area contributed by atoms with Crippen LogP contribution in [-0.4, -0.2) is 27.7 Å². The van der Waals surface area contributed by atoms with Crippen molar-refractivity contribution in [2.45, 2.75) is 24.3 Å². The van der Waals surface area contributed by atoms with Gasteiger partial charge in [-0.25, -0.2) is 13.6 Å². The summed E-state index contributed by atoms with van der Waals surface area (Å²) in [6.45, 7) is 4.33. The molecule has 0 radical (unpaired) electrons. The van der Waals surface area contributed by atoms with Crippen molar-refractivity contribution < 1.29 is 13.2 Å². The van der Waals surface area contributed by atoms with E-state index < -0.39 is 10.0 Å². The molecule has 0 aliphatic rings. The van der Waals surface area contributed by atoms with Crippen LogP contribution in [0.1, 0.15) is 13.8 Å². The highest BCUT2D eigenvalue weighted by Crippen LogP contribution is 2.20. The number of nitrogens with one attached hydrogen (secondary N) is 1. The van der Waals surface area contributed by atoms with Crippen molar-refractivity contribution in [3.8, 4) is 0 Å². The van der Waals surface area contributed by atoms with Gasteiger partial charge in [-0.15, -0.1) is 0 Å². The third kappa shape index (κ3) is 4.17. The molecule has 1 aromatic rings. The minimum Gasteiger partial charge on any atom is -0.399 e. The van der Waals surface area contributed by atoms with Gasteiger partial charge >= 0.3 is 0 Å². The zero-order valence-corrected chi connectivity index (χ0v) is 11.5. The second-order valence-corrected chi connectivity index (χ2v) is 6.21. The van der Waals surface area contributed by atoms with Crippen molar-refractivity contribution in [1.29, 1.82) is 0 Å². The van der Waals surface area contributed by atoms with Gasteiger partial charge in [-0.3, -0.25) is 0 Å². The fraction of sp³-hybridized carbons (Fsp3) is 0.455. The lowest BCUT2D eigenvalue weighted by Gasteiger charge is -2.24. The summed E-state index contributed by atoms with van der Waals surface area (Å²) < 4.78 is 27.8. The van der Waals surface area contributed by atoms with Crippen molar-refractivity contribution in [2.75, 3.05) is 24.7 Å². The summed E-state index contributed by atoms with van der Waals surface area (Å²) in [5.41, 5.74) is 6.19. The molecule has 0 fully saturated rings. The summed E-state index contributed by atoms with van der Waals surface area (Å²) in [5.74, 6) is 0. The highest BCUT2D eigenvalue weighted by atomic mass is 32.2. The largest absolute Gasteiger partial charge is 0.399 e. The van der Waals surface area contributed by atoms with E-state index >= 15 is 0 Å². The van der Waals surface area contributed by atoms with Crippen molar-refractivity contribution >= 4 is 21.4 Å². The highest BCUT2D eigenvalue weighted by Gasteiger charge is 2.16. The maximum absolute atomic E-state index is 11.3. The summed E-state index contributed by atoms with van der Waals surface area (Å²) in [7, 11) is -2.15. The quantitative estimate of drug-likeness (QED) is 0.686. The fourth-order valence-electron chi connectivity index (χ4n) is 1.28. The van der Waals surface area contributed by atoms with Crippen LogP contribution in [0, 0.1) is 0 Å². The van der Waals surface area contributed by atoms with Gasteiger partial charge in [0.1, 0.15) is 0 Å². The summed E-state index contributed by atoms with van der Waals surface area (Å²) in [5, 5.41) is 8.13. The Labute approximate surface area is 107 Å². The van der Waals surface area contributed by atoms with E-state index in [0.29, 0.717) is 17.9 Å². The van der Waals surface area contributed by atoms with Crippen LogP contribution in [0.15, 0.2) is 23.1 Å². The minimum atomic E-state index is -3.76. The predicted octanol–water partition coefficient (Wildman–Crippen LogP) is 0.753. The Balaban J connectivity index is 2.95. The van der Waals surface area contributed by atoms with E-state index in [2.05, 4.69) is 5.32 Å². The Morgan fingerprint density at radius 2 is 1.94 bits per heavy atom. The zero-order valence-electron chi connectivity index (χ0n) is 10.7. The van der Waals surface area contributed by atoms with E-state index in [0.717, 1.165) is 0 Å². The average molecular weight is 273 g/mol. The van der Waals surface area contributed by atoms with Crippen LogP contribution in [0.4, 0.5) is 11.4 Å². The third-order valence-electron chi connectivity index (χ3n) is 2.53. The smallest absolute Gasteiger partial charge is 0.238 e. The lowest BCUT2D eigenvalue weighted by molar-refractivity contribution is 0.0344. The van der Waals surface area contributed by atoms with Crippen LogP contribution < -0.4 is 16.2 Å². The number of sulfonamides is 1. The summed E-state index contributed by atoms with van der Waals surface area (Å²) in [4.78, 5) is -0.0137. The van der Waals surface area contributed by atoms with E-state index in [1.54, 1.807) is 13.2 Å². The number of ether oxygens (including phenoxy) is 1. The van der Waals surface area contributed by atoms with E-state index in [9.17, 15) is 8.42 Å². The van der Waals surface area contributed by atoms with Gasteiger partial charge in [-0.2, -0.15) is 0 Å². The lowest BCUT2D eigenvalue weighted by atomic mass is 10.1. The van der Waals surface area contributed by atoms with E-state index in [4.69, 9.17) is 15.6 Å². The van der Waals surface area contributed by atoms with Crippen molar-refractivity contribution in [1.82, 2.24) is 0 Å². The van der Waals surface area contributed by atoms with Crippen LogP contribution in [0.25, 0.3) is 0 Å². The molecule has 0 amide bonds. The molecule has 0 saturated heterocycles. The molecule has 18 heavy (non-hydrogen) atoms. The zero-order chi connectivity index (χ0) is 14.0. The first kappa shape index (κ1) is 14.7. The van der Waals surface area contributed by atoms with E-state index in [1.165, 1.54) is 12.1 Å². The standard InChI is InChI=1S/C11H19N3O3S/c1-11(2,17-3)7-14-9-4-8(12)5-10(6-9)18(13,15)16/h4-6,14H,7,12H2,1-3H3,(H2,13,15,16). The lowest BCUT2D eigenvalue weighted by Crippen LogP contribution is -2.32. The van der Waals surface area contributed by atoms with Gasteiger partial charge in [0.2, 0.25) is 10.0 Å². The van der Waals surface area contributed by atoms with Crippen molar-refractivity contribution in [3.05, 3.63) is 18.2 Å². The van der Waals surface area contributed by atoms with Crippen molar-refractivity contribution in [2.24, 2.45) is 5.14 Å². The molecular weight excluding hydrogens is 254 g/mol. The van der Waals surface area contributed by atoms with E-state index in [-0.39, 0.29) is 10.5 Å². The van der Waals surface area contributed by atoms with E-state index in [1.807, 2.05) is 13.8 Å². The second-order valence-electron chi connectivity index (χ2n) is 4.65. The number of nitrogens with two attached hydrogens (primary N) is 2. The molecule has 0 unspecified atom stereocenters. The molecule has 0 aliphatic carbocycles. The number of hydrogen-bond donors (Lipinski definition) is 3. The number of rotatable bonds is 5. The average Bonchev–Trinajstić information content (AvgIpc) is 2.25. The van der Waals surface area contributed by atoms with Gasteiger partial charge in [-0.05, 0) is 32.0 Å². The van der Waals surface area contributed by atoms with Gasteiger partial charge in [0.15, 0.2) is 0 Å². The van der Waals surface area contributed by atoms with Gasteiger partial charge in [0.05, 0.1) is 10.5 Å². The molecule has 5 N–H and O–H groups in total. The van der Waals surface area contributed by atoms with Gasteiger partial charge < -0.3 is 15.8 Å². The normalized spacial score (nSPS) is 12.4. The Hall–Kier alpha value is -1.31. The topological polar surface area (TPSA) is 107 Å². The summed E-state index contributed by atoms with van der Waals surface area (Å²) >= 11 is 0. The first-order valence-corrected chi connectivity index (χ1v) is 6.91. The molecule has 1 aromatic carbocycles. The SMILES string of the molecule is COC(C)(C)CNc1cc(N)cc(S(N)(=O)=O)c1. The highest BCUT2D eigenvalue weighted by molar-refractivity contribution is 7.89. The molecule has 1 rings (SSSR count). The maximum Gasteiger partial charge on any atom is 0.238 e. The minimum absolute atomic E-state index is 0.0137. The molecule has 6 nitrogen and oxygen atoms in total. The molecule has 0 heterocycles.